The molecule has 128 valence electrons. The minimum atomic E-state index is -0.292. The van der Waals surface area contributed by atoms with Gasteiger partial charge < -0.3 is 14.8 Å². The van der Waals surface area contributed by atoms with Gasteiger partial charge in [0.05, 0.1) is 6.04 Å². The van der Waals surface area contributed by atoms with Crippen LogP contribution in [0.2, 0.25) is 0 Å². The number of carbonyl (C=O) groups excluding carboxylic acids is 1. The van der Waals surface area contributed by atoms with E-state index >= 15 is 0 Å². The molecule has 1 aromatic heterocycles. The number of nitrogens with one attached hydrogen (secondary N) is 1. The maximum atomic E-state index is 13.9. The van der Waals surface area contributed by atoms with Crippen molar-refractivity contribution in [3.63, 3.8) is 0 Å². The molecule has 1 atom stereocenters. The van der Waals surface area contributed by atoms with Crippen molar-refractivity contribution in [2.45, 2.75) is 33.2 Å². The Morgan fingerprint density at radius 3 is 2.75 bits per heavy atom. The molecule has 0 saturated carbocycles. The first kappa shape index (κ1) is 16.5. The summed E-state index contributed by atoms with van der Waals surface area (Å²) < 4.78 is 15.8. The Kier molecular flexibility index (Phi) is 4.07. The van der Waals surface area contributed by atoms with Crippen LogP contribution in [-0.4, -0.2) is 27.0 Å². The van der Waals surface area contributed by atoms with Crippen molar-refractivity contribution in [2.24, 2.45) is 12.5 Å². The Morgan fingerprint density at radius 1 is 1.46 bits per heavy atom. The summed E-state index contributed by atoms with van der Waals surface area (Å²) in [7, 11) is 1.92. The lowest BCUT2D eigenvalue weighted by Gasteiger charge is -2.53. The fraction of sp³-hybridized carbons (Fsp3) is 0.444. The van der Waals surface area contributed by atoms with E-state index in [0.29, 0.717) is 24.2 Å². The highest BCUT2D eigenvalue weighted by atomic mass is 19.1. The molecular formula is C18H23FN4O. The molecule has 1 aliphatic heterocycles. The maximum absolute atomic E-state index is 13.9. The zero-order valence-electron chi connectivity index (χ0n) is 14.5. The highest BCUT2D eigenvalue weighted by molar-refractivity contribution is 5.90. The molecule has 3 rings (SSSR count). The number of anilines is 1. The van der Waals surface area contributed by atoms with Crippen molar-refractivity contribution >= 4 is 11.7 Å². The Labute approximate surface area is 141 Å². The van der Waals surface area contributed by atoms with Crippen molar-refractivity contribution in [1.82, 2.24) is 14.5 Å². The third kappa shape index (κ3) is 2.77. The van der Waals surface area contributed by atoms with Gasteiger partial charge in [-0.3, -0.25) is 0 Å². The number of aromatic nitrogens is 2. The Balaban J connectivity index is 1.78. The molecule has 1 saturated heterocycles. The molecule has 1 N–H and O–H groups in total. The summed E-state index contributed by atoms with van der Waals surface area (Å²) in [6, 6.07) is 4.49. The van der Waals surface area contributed by atoms with Crippen molar-refractivity contribution in [3.8, 4) is 0 Å². The van der Waals surface area contributed by atoms with Gasteiger partial charge >= 0.3 is 6.03 Å². The highest BCUT2D eigenvalue weighted by Crippen LogP contribution is 2.47. The summed E-state index contributed by atoms with van der Waals surface area (Å²) in [5.74, 6) is 0.564. The first-order valence-electron chi connectivity index (χ1n) is 8.16. The third-order valence-electron chi connectivity index (χ3n) is 4.68. The van der Waals surface area contributed by atoms with E-state index in [1.165, 1.54) is 6.07 Å². The second-order valence-corrected chi connectivity index (χ2v) is 7.01. The van der Waals surface area contributed by atoms with Crippen LogP contribution in [0.25, 0.3) is 0 Å². The molecule has 0 spiro atoms. The van der Waals surface area contributed by atoms with Crippen LogP contribution in [0.3, 0.4) is 0 Å². The number of benzene rings is 1. The van der Waals surface area contributed by atoms with Crippen LogP contribution in [0.4, 0.5) is 14.9 Å². The van der Waals surface area contributed by atoms with Crippen LogP contribution < -0.4 is 5.32 Å². The summed E-state index contributed by atoms with van der Waals surface area (Å²) in [6.07, 6.45) is 4.24. The minimum absolute atomic E-state index is 0.0478. The monoisotopic (exact) mass is 330 g/mol. The van der Waals surface area contributed by atoms with Gasteiger partial charge in [-0.25, -0.2) is 14.2 Å². The fourth-order valence-electron chi connectivity index (χ4n) is 3.35. The molecule has 1 aromatic carbocycles. The van der Waals surface area contributed by atoms with Crippen molar-refractivity contribution in [2.75, 3.05) is 11.9 Å². The van der Waals surface area contributed by atoms with Crippen LogP contribution >= 0.6 is 0 Å². The van der Waals surface area contributed by atoms with Crippen LogP contribution in [0.15, 0.2) is 30.6 Å². The van der Waals surface area contributed by atoms with Gasteiger partial charge in [0.2, 0.25) is 0 Å². The van der Waals surface area contributed by atoms with Crippen LogP contribution in [0, 0.1) is 11.2 Å². The number of rotatable bonds is 3. The lowest BCUT2D eigenvalue weighted by Crippen LogP contribution is -2.59. The van der Waals surface area contributed by atoms with Gasteiger partial charge in [-0.1, -0.05) is 26.8 Å². The summed E-state index contributed by atoms with van der Waals surface area (Å²) in [6.45, 7) is 6.76. The third-order valence-corrected chi connectivity index (χ3v) is 4.68. The van der Waals surface area contributed by atoms with Gasteiger partial charge in [0, 0.05) is 37.1 Å². The molecule has 1 unspecified atom stereocenters. The largest absolute Gasteiger partial charge is 0.336 e. The Hall–Kier alpha value is -2.37. The van der Waals surface area contributed by atoms with Crippen LogP contribution in [0.1, 0.15) is 38.2 Å². The standard InChI is InChI=1S/C18H23FN4O/c1-5-12-6-7-13(10-14(12)19)21-17(24)23-11-18(2,3)15(23)16-20-8-9-22(16)4/h6-10,15H,5,11H2,1-4H3,(H,21,24). The number of likely N-dealkylation sites (tertiary alicyclic amines) is 1. The van der Waals surface area contributed by atoms with Crippen molar-refractivity contribution in [3.05, 3.63) is 47.8 Å². The topological polar surface area (TPSA) is 50.2 Å². The number of nitrogens with zero attached hydrogens (tertiary/aromatic N) is 3. The molecular weight excluding hydrogens is 307 g/mol. The molecule has 2 heterocycles. The number of halogens is 1. The zero-order valence-corrected chi connectivity index (χ0v) is 14.5. The summed E-state index contributed by atoms with van der Waals surface area (Å²) >= 11 is 0. The molecule has 6 heteroatoms. The average Bonchev–Trinajstić information content (AvgIpc) is 2.91. The fourth-order valence-corrected chi connectivity index (χ4v) is 3.35. The predicted molar refractivity (Wildman–Crippen MR) is 91.2 cm³/mol. The number of urea groups is 1. The van der Waals surface area contributed by atoms with Gasteiger partial charge in [0.25, 0.3) is 0 Å². The lowest BCUT2D eigenvalue weighted by molar-refractivity contribution is -0.0182. The van der Waals surface area contributed by atoms with Crippen LogP contribution in [-0.2, 0) is 13.5 Å². The number of hydrogen-bond donors (Lipinski definition) is 1. The van der Waals surface area contributed by atoms with Gasteiger partial charge in [0.1, 0.15) is 11.6 Å². The van der Waals surface area contributed by atoms with Gasteiger partial charge in [-0.15, -0.1) is 0 Å². The van der Waals surface area contributed by atoms with E-state index < -0.39 is 0 Å². The SMILES string of the molecule is CCc1ccc(NC(=O)N2CC(C)(C)C2c2nccn2C)cc1F. The molecule has 2 aromatic rings. The van der Waals surface area contributed by atoms with E-state index in [2.05, 4.69) is 24.1 Å². The number of aryl methyl sites for hydroxylation is 2. The van der Waals surface area contributed by atoms with E-state index in [1.54, 1.807) is 23.2 Å². The van der Waals surface area contributed by atoms with Gasteiger partial charge in [-0.05, 0) is 24.1 Å². The van der Waals surface area contributed by atoms with E-state index in [1.807, 2.05) is 24.7 Å². The number of carbonyl (C=O) groups is 1. The minimum Gasteiger partial charge on any atom is -0.336 e. The second-order valence-electron chi connectivity index (χ2n) is 7.01. The molecule has 2 amide bonds. The van der Waals surface area contributed by atoms with Gasteiger partial charge in [0.15, 0.2) is 0 Å². The van der Waals surface area contributed by atoms with E-state index in [9.17, 15) is 9.18 Å². The first-order chi connectivity index (χ1) is 11.3. The highest BCUT2D eigenvalue weighted by Gasteiger charge is 2.50. The van der Waals surface area contributed by atoms with E-state index in [0.717, 1.165) is 5.82 Å². The molecule has 0 aliphatic carbocycles. The molecule has 5 nitrogen and oxygen atoms in total. The summed E-state index contributed by atoms with van der Waals surface area (Å²) in [5, 5.41) is 2.80. The van der Waals surface area contributed by atoms with Gasteiger partial charge in [-0.2, -0.15) is 0 Å². The molecule has 1 aliphatic rings. The average molecular weight is 330 g/mol. The van der Waals surface area contributed by atoms with E-state index in [4.69, 9.17) is 0 Å². The predicted octanol–water partition coefficient (Wildman–Crippen LogP) is 3.74. The second kappa shape index (κ2) is 5.92. The molecule has 0 bridgehead atoms. The number of amides is 2. The number of imidazole rings is 1. The summed E-state index contributed by atoms with van der Waals surface area (Å²) in [4.78, 5) is 18.8. The molecule has 0 radical (unpaired) electrons. The lowest BCUT2D eigenvalue weighted by atomic mass is 9.74. The normalized spacial score (nSPS) is 19.0. The van der Waals surface area contributed by atoms with E-state index in [-0.39, 0.29) is 23.3 Å². The van der Waals surface area contributed by atoms with Crippen molar-refractivity contribution in [1.29, 1.82) is 0 Å². The zero-order chi connectivity index (χ0) is 17.5. The molecule has 1 fully saturated rings. The van der Waals surface area contributed by atoms with Crippen LogP contribution in [0.5, 0.6) is 0 Å². The Morgan fingerprint density at radius 2 is 2.21 bits per heavy atom. The smallest absolute Gasteiger partial charge is 0.322 e. The van der Waals surface area contributed by atoms with Crippen molar-refractivity contribution < 1.29 is 9.18 Å². The maximum Gasteiger partial charge on any atom is 0.322 e. The quantitative estimate of drug-likeness (QED) is 0.932. The first-order valence-corrected chi connectivity index (χ1v) is 8.16. The molecule has 24 heavy (non-hydrogen) atoms. The Bertz CT molecular complexity index is 768. The summed E-state index contributed by atoms with van der Waals surface area (Å²) in [5.41, 5.74) is 1.07. The number of hydrogen-bond acceptors (Lipinski definition) is 2.